The minimum Gasteiger partial charge on any atom is -0.318 e. The summed E-state index contributed by atoms with van der Waals surface area (Å²) in [6.07, 6.45) is 3.30. The molecule has 0 aliphatic carbocycles. The van der Waals surface area contributed by atoms with E-state index in [0.29, 0.717) is 6.04 Å². The summed E-state index contributed by atoms with van der Waals surface area (Å²) in [5, 5.41) is 5.49. The summed E-state index contributed by atoms with van der Waals surface area (Å²) >= 11 is 1.72. The molecule has 3 atom stereocenters. The average Bonchev–Trinajstić information content (AvgIpc) is 2.97. The Hall–Kier alpha value is -0.870. The van der Waals surface area contributed by atoms with Gasteiger partial charge >= 0.3 is 0 Å². The number of carbonyl (C=O) groups excluding carboxylic acids is 1. The number of nitrogens with zero attached hydrogens (tertiary/aromatic N) is 1. The monoisotopic (exact) mass is 266 g/mol. The van der Waals surface area contributed by atoms with Gasteiger partial charge in [-0.3, -0.25) is 10.1 Å². The van der Waals surface area contributed by atoms with Crippen molar-refractivity contribution in [2.45, 2.75) is 58.3 Å². The van der Waals surface area contributed by atoms with Crippen molar-refractivity contribution < 1.29 is 4.79 Å². The molecule has 0 aromatic carbocycles. The third kappa shape index (κ3) is 2.45. The normalized spacial score (nSPS) is 25.7. The van der Waals surface area contributed by atoms with Crippen molar-refractivity contribution >= 4 is 17.2 Å². The van der Waals surface area contributed by atoms with Crippen LogP contribution in [-0.2, 0) is 4.79 Å². The smallest absolute Gasteiger partial charge is 0.241 e. The van der Waals surface area contributed by atoms with Gasteiger partial charge in [-0.15, -0.1) is 11.3 Å². The van der Waals surface area contributed by atoms with Gasteiger partial charge in [0.2, 0.25) is 5.91 Å². The third-order valence-electron chi connectivity index (χ3n) is 3.61. The van der Waals surface area contributed by atoms with E-state index in [1.54, 1.807) is 11.3 Å². The second kappa shape index (κ2) is 5.85. The van der Waals surface area contributed by atoms with E-state index in [2.05, 4.69) is 35.5 Å². The Morgan fingerprint density at radius 1 is 1.50 bits per heavy atom. The van der Waals surface area contributed by atoms with Gasteiger partial charge in [-0.25, -0.2) is 0 Å². The van der Waals surface area contributed by atoms with Gasteiger partial charge in [0.15, 0.2) is 0 Å². The van der Waals surface area contributed by atoms with Gasteiger partial charge in [0.05, 0.1) is 6.04 Å². The van der Waals surface area contributed by atoms with Crippen molar-refractivity contribution in [1.29, 1.82) is 0 Å². The molecule has 1 aromatic rings. The van der Waals surface area contributed by atoms with Crippen molar-refractivity contribution in [3.8, 4) is 0 Å². The van der Waals surface area contributed by atoms with Crippen molar-refractivity contribution in [2.24, 2.45) is 0 Å². The van der Waals surface area contributed by atoms with E-state index in [4.69, 9.17) is 0 Å². The van der Waals surface area contributed by atoms with Crippen molar-refractivity contribution in [2.75, 3.05) is 0 Å². The molecule has 18 heavy (non-hydrogen) atoms. The summed E-state index contributed by atoms with van der Waals surface area (Å²) in [6.45, 7) is 6.31. The minimum absolute atomic E-state index is 0.0667. The van der Waals surface area contributed by atoms with Crippen LogP contribution in [0.3, 0.4) is 0 Å². The topological polar surface area (TPSA) is 32.3 Å². The van der Waals surface area contributed by atoms with E-state index in [-0.39, 0.29) is 18.1 Å². The zero-order chi connectivity index (χ0) is 13.1. The Labute approximate surface area is 113 Å². The molecule has 2 heterocycles. The molecule has 3 nitrogen and oxygen atoms in total. The second-order valence-electron chi connectivity index (χ2n) is 4.90. The fourth-order valence-corrected chi connectivity index (χ4v) is 3.45. The Morgan fingerprint density at radius 2 is 2.28 bits per heavy atom. The number of amides is 1. The lowest BCUT2D eigenvalue weighted by Gasteiger charge is -2.31. The van der Waals surface area contributed by atoms with Crippen LogP contribution in [0.1, 0.15) is 51.1 Å². The summed E-state index contributed by atoms with van der Waals surface area (Å²) in [5.74, 6) is 0.244. The highest BCUT2D eigenvalue weighted by Crippen LogP contribution is 2.32. The fraction of sp³-hybridized carbons (Fsp3) is 0.643. The Bertz CT molecular complexity index is 391. The largest absolute Gasteiger partial charge is 0.318 e. The zero-order valence-electron chi connectivity index (χ0n) is 11.3. The molecule has 1 amide bonds. The molecule has 100 valence electrons. The molecule has 1 aliphatic rings. The molecular formula is C14H22N2OS. The van der Waals surface area contributed by atoms with Crippen LogP contribution in [0.15, 0.2) is 17.5 Å². The summed E-state index contributed by atoms with van der Waals surface area (Å²) in [4.78, 5) is 15.7. The fourth-order valence-electron chi connectivity index (χ4n) is 2.67. The first-order valence-electron chi connectivity index (χ1n) is 6.80. The number of carbonyl (C=O) groups is 1. The van der Waals surface area contributed by atoms with Gasteiger partial charge < -0.3 is 4.90 Å². The van der Waals surface area contributed by atoms with E-state index < -0.39 is 0 Å². The molecule has 4 heteroatoms. The SMILES string of the molecule is CCCC(CC)N1C(=O)C(C)NC1c1cccs1. The highest BCUT2D eigenvalue weighted by atomic mass is 32.1. The summed E-state index contributed by atoms with van der Waals surface area (Å²) in [6, 6.07) is 4.45. The maximum atomic E-state index is 12.4. The Kier molecular flexibility index (Phi) is 4.40. The molecule has 0 radical (unpaired) electrons. The quantitative estimate of drug-likeness (QED) is 0.888. The summed E-state index contributed by atoms with van der Waals surface area (Å²) < 4.78 is 0. The standard InChI is InChI=1S/C14H22N2OS/c1-4-7-11(5-2)16-13(12-8-6-9-18-12)15-10(3)14(16)17/h6,8-11,13,15H,4-5,7H2,1-3H3. The van der Waals surface area contributed by atoms with Crippen LogP contribution in [0.5, 0.6) is 0 Å². The van der Waals surface area contributed by atoms with E-state index >= 15 is 0 Å². The van der Waals surface area contributed by atoms with Gasteiger partial charge in [0.1, 0.15) is 6.17 Å². The molecule has 1 saturated heterocycles. The summed E-state index contributed by atoms with van der Waals surface area (Å²) in [5.41, 5.74) is 0. The molecule has 0 spiro atoms. The number of thiophene rings is 1. The zero-order valence-corrected chi connectivity index (χ0v) is 12.2. The number of hydrogen-bond donors (Lipinski definition) is 1. The Balaban J connectivity index is 2.25. The maximum Gasteiger partial charge on any atom is 0.241 e. The molecule has 1 aliphatic heterocycles. The maximum absolute atomic E-state index is 12.4. The van der Waals surface area contributed by atoms with Gasteiger partial charge in [-0.2, -0.15) is 0 Å². The molecule has 1 fully saturated rings. The third-order valence-corrected chi connectivity index (χ3v) is 4.53. The summed E-state index contributed by atoms with van der Waals surface area (Å²) in [7, 11) is 0. The van der Waals surface area contributed by atoms with Crippen LogP contribution < -0.4 is 5.32 Å². The van der Waals surface area contributed by atoms with Gasteiger partial charge in [0, 0.05) is 10.9 Å². The lowest BCUT2D eigenvalue weighted by atomic mass is 10.1. The van der Waals surface area contributed by atoms with E-state index in [0.717, 1.165) is 19.3 Å². The van der Waals surface area contributed by atoms with Gasteiger partial charge in [0.25, 0.3) is 0 Å². The van der Waals surface area contributed by atoms with Crippen LogP contribution in [0.2, 0.25) is 0 Å². The highest BCUT2D eigenvalue weighted by Gasteiger charge is 2.40. The molecule has 0 bridgehead atoms. The molecule has 3 unspecified atom stereocenters. The van der Waals surface area contributed by atoms with Crippen molar-refractivity contribution in [3.05, 3.63) is 22.4 Å². The van der Waals surface area contributed by atoms with Gasteiger partial charge in [-0.05, 0) is 31.2 Å². The minimum atomic E-state index is -0.0667. The molecule has 1 N–H and O–H groups in total. The van der Waals surface area contributed by atoms with Crippen LogP contribution in [0, 0.1) is 0 Å². The second-order valence-corrected chi connectivity index (χ2v) is 5.88. The molecule has 2 rings (SSSR count). The van der Waals surface area contributed by atoms with Crippen LogP contribution in [0.25, 0.3) is 0 Å². The van der Waals surface area contributed by atoms with E-state index in [1.807, 2.05) is 13.0 Å². The van der Waals surface area contributed by atoms with E-state index in [1.165, 1.54) is 4.88 Å². The van der Waals surface area contributed by atoms with Crippen LogP contribution >= 0.6 is 11.3 Å². The van der Waals surface area contributed by atoms with E-state index in [9.17, 15) is 4.79 Å². The van der Waals surface area contributed by atoms with Crippen LogP contribution in [0.4, 0.5) is 0 Å². The van der Waals surface area contributed by atoms with Gasteiger partial charge in [-0.1, -0.05) is 26.3 Å². The predicted octanol–water partition coefficient (Wildman–Crippen LogP) is 3.15. The van der Waals surface area contributed by atoms with Crippen molar-refractivity contribution in [1.82, 2.24) is 10.2 Å². The first-order valence-corrected chi connectivity index (χ1v) is 7.68. The first kappa shape index (κ1) is 13.6. The van der Waals surface area contributed by atoms with Crippen molar-refractivity contribution in [3.63, 3.8) is 0 Å². The molecule has 1 aromatic heterocycles. The Morgan fingerprint density at radius 3 is 2.83 bits per heavy atom. The first-order chi connectivity index (χ1) is 8.69. The predicted molar refractivity (Wildman–Crippen MR) is 75.5 cm³/mol. The lowest BCUT2D eigenvalue weighted by Crippen LogP contribution is -2.39. The van der Waals surface area contributed by atoms with Crippen LogP contribution in [-0.4, -0.2) is 22.9 Å². The molecular weight excluding hydrogens is 244 g/mol. The average molecular weight is 266 g/mol. The highest BCUT2D eigenvalue weighted by molar-refractivity contribution is 7.10. The number of nitrogens with one attached hydrogen (secondary N) is 1. The number of rotatable bonds is 5. The number of hydrogen-bond acceptors (Lipinski definition) is 3. The lowest BCUT2D eigenvalue weighted by molar-refractivity contribution is -0.132. The molecule has 0 saturated carbocycles.